The van der Waals surface area contributed by atoms with Crippen LogP contribution in [0.5, 0.6) is 0 Å². The summed E-state index contributed by atoms with van der Waals surface area (Å²) in [4.78, 5) is 33.6. The molecule has 1 aliphatic carbocycles. The molecule has 4 N–H and O–H groups in total. The lowest BCUT2D eigenvalue weighted by atomic mass is 9.89. The van der Waals surface area contributed by atoms with Gasteiger partial charge < -0.3 is 30.0 Å². The first-order valence-electron chi connectivity index (χ1n) is 12.4. The maximum Gasteiger partial charge on any atom is 0.351 e. The van der Waals surface area contributed by atoms with E-state index in [4.69, 9.17) is 19.9 Å². The summed E-state index contributed by atoms with van der Waals surface area (Å²) in [5, 5.41) is 13.1. The summed E-state index contributed by atoms with van der Waals surface area (Å²) in [5.74, 6) is -2.09. The molecule has 0 saturated carbocycles. The maximum absolute atomic E-state index is 13.7. The second kappa shape index (κ2) is 7.81. The number of pyridine rings is 1. The van der Waals surface area contributed by atoms with Crippen LogP contribution in [0.15, 0.2) is 41.6 Å². The molecular weight excluding hydrogens is 490 g/mol. The third kappa shape index (κ3) is 2.92. The Bertz CT molecular complexity index is 1770. The van der Waals surface area contributed by atoms with E-state index in [2.05, 4.69) is 22.2 Å². The number of anilines is 1. The van der Waals surface area contributed by atoms with E-state index in [1.807, 2.05) is 31.7 Å². The Hall–Kier alpha value is -3.90. The molecule has 0 radical (unpaired) electrons. The van der Waals surface area contributed by atoms with Gasteiger partial charge in [0.05, 0.1) is 17.7 Å². The summed E-state index contributed by atoms with van der Waals surface area (Å²) in [5.41, 5.74) is 9.23. The highest BCUT2D eigenvalue weighted by Crippen LogP contribution is 2.52. The van der Waals surface area contributed by atoms with Gasteiger partial charge in [0.25, 0.3) is 5.79 Å². The molecule has 5 atom stereocenters. The molecule has 2 saturated heterocycles. The van der Waals surface area contributed by atoms with Crippen molar-refractivity contribution in [1.82, 2.24) is 14.5 Å². The third-order valence-electron chi connectivity index (χ3n) is 7.94. The van der Waals surface area contributed by atoms with Crippen LogP contribution in [-0.4, -0.2) is 50.3 Å². The third-order valence-corrected chi connectivity index (χ3v) is 7.94. The minimum Gasteiger partial charge on any atom is -0.394 e. The van der Waals surface area contributed by atoms with E-state index in [1.54, 1.807) is 6.08 Å². The van der Waals surface area contributed by atoms with Crippen LogP contribution in [0.25, 0.3) is 27.8 Å². The van der Waals surface area contributed by atoms with Crippen molar-refractivity contribution in [3.05, 3.63) is 69.7 Å². The smallest absolute Gasteiger partial charge is 0.351 e. The zero-order chi connectivity index (χ0) is 26.5. The first-order valence-corrected chi connectivity index (χ1v) is 12.4. The number of aromatic nitrogens is 4. The van der Waals surface area contributed by atoms with Crippen molar-refractivity contribution < 1.29 is 28.7 Å². The Kier molecular flexibility index (Phi) is 4.77. The summed E-state index contributed by atoms with van der Waals surface area (Å²) in [7, 11) is 1.96. The SMILES string of the molecule is Cc1c2cc[n+](C)cc2c(C)c2c3c([nH]c12)C=CC(=O)[C@@]31O[C@@H]2[C@H](O1)[C@@H](CO)O[C@H]2n1ccc(N)nc1=O. The van der Waals surface area contributed by atoms with Crippen molar-refractivity contribution in [3.63, 3.8) is 0 Å². The molecule has 7 rings (SSSR count). The number of nitrogens with one attached hydrogen (secondary N) is 1. The Morgan fingerprint density at radius 3 is 2.71 bits per heavy atom. The lowest BCUT2D eigenvalue weighted by Crippen LogP contribution is -2.42. The van der Waals surface area contributed by atoms with E-state index in [0.717, 1.165) is 32.8 Å². The van der Waals surface area contributed by atoms with E-state index in [9.17, 15) is 14.7 Å². The number of aliphatic hydroxyl groups is 1. The molecule has 194 valence electrons. The number of rotatable bonds is 2. The predicted molar refractivity (Wildman–Crippen MR) is 136 cm³/mol. The molecule has 11 heteroatoms. The summed E-state index contributed by atoms with van der Waals surface area (Å²) >= 11 is 0. The predicted octanol–water partition coefficient (Wildman–Crippen LogP) is 1.02. The molecule has 1 spiro atoms. The second-order valence-electron chi connectivity index (χ2n) is 10.1. The van der Waals surface area contributed by atoms with Crippen LogP contribution >= 0.6 is 0 Å². The quantitative estimate of drug-likeness (QED) is 0.335. The lowest BCUT2D eigenvalue weighted by Gasteiger charge is -2.31. The van der Waals surface area contributed by atoms with Gasteiger partial charge in [0.15, 0.2) is 18.6 Å². The first-order chi connectivity index (χ1) is 18.2. The van der Waals surface area contributed by atoms with Gasteiger partial charge in [-0.1, -0.05) is 0 Å². The number of ether oxygens (including phenoxy) is 3. The maximum atomic E-state index is 13.7. The zero-order valence-electron chi connectivity index (χ0n) is 21.0. The molecule has 11 nitrogen and oxygen atoms in total. The number of aromatic amines is 1. The van der Waals surface area contributed by atoms with Crippen LogP contribution in [0.4, 0.5) is 5.82 Å². The molecule has 2 fully saturated rings. The number of nitrogen functional groups attached to an aromatic ring is 1. The molecule has 5 heterocycles. The number of hydrogen-bond donors (Lipinski definition) is 3. The summed E-state index contributed by atoms with van der Waals surface area (Å²) in [6.07, 6.45) is 5.19. The fourth-order valence-corrected chi connectivity index (χ4v) is 6.14. The highest BCUT2D eigenvalue weighted by atomic mass is 16.8. The van der Waals surface area contributed by atoms with Gasteiger partial charge in [0.1, 0.15) is 31.2 Å². The second-order valence-corrected chi connectivity index (χ2v) is 10.1. The van der Waals surface area contributed by atoms with Gasteiger partial charge in [0, 0.05) is 28.7 Å². The van der Waals surface area contributed by atoms with Crippen molar-refractivity contribution >= 4 is 39.4 Å². The van der Waals surface area contributed by atoms with Crippen LogP contribution in [0.1, 0.15) is 28.6 Å². The average Bonchev–Trinajstić information content (AvgIpc) is 3.56. The fraction of sp³-hybridized carbons (Fsp3) is 0.333. The topological polar surface area (TPSA) is 146 Å². The number of hydrogen-bond acceptors (Lipinski definition) is 8. The van der Waals surface area contributed by atoms with Crippen molar-refractivity contribution in [3.8, 4) is 0 Å². The molecule has 0 amide bonds. The Morgan fingerprint density at radius 1 is 1.16 bits per heavy atom. The lowest BCUT2D eigenvalue weighted by molar-refractivity contribution is -0.670. The average molecular weight is 517 g/mol. The van der Waals surface area contributed by atoms with Gasteiger partial charge in [-0.05, 0) is 48.6 Å². The van der Waals surface area contributed by atoms with Gasteiger partial charge in [-0.25, -0.2) is 9.36 Å². The number of H-pyrrole nitrogens is 1. The molecule has 2 aliphatic heterocycles. The standard InChI is InChI=1S/C27H25N5O6/c1-12-15-10-31(3)8-6-14(15)13(2)22-20(12)21-16(29-22)4-5-18(34)27(21)37-23-17(11-33)36-25(24(23)38-27)32-9-7-19(28)30-26(32)35/h4-10,17,23-25,33H,11H2,1-3H3,(H2,28,30,35)/p+1/t17-,23-,24-,25-,27-/m1/s1. The summed E-state index contributed by atoms with van der Waals surface area (Å²) in [6.45, 7) is 3.67. The summed E-state index contributed by atoms with van der Waals surface area (Å²) in [6, 6.07) is 3.55. The Labute approximate surface area is 216 Å². The van der Waals surface area contributed by atoms with E-state index in [-0.39, 0.29) is 11.6 Å². The van der Waals surface area contributed by atoms with Crippen molar-refractivity contribution in [2.45, 2.75) is 44.2 Å². The number of carbonyl (C=O) groups excluding carboxylic acids is 1. The number of aliphatic hydroxyl groups excluding tert-OH is 1. The van der Waals surface area contributed by atoms with Crippen LogP contribution < -0.4 is 16.0 Å². The molecule has 1 aromatic carbocycles. The van der Waals surface area contributed by atoms with Crippen LogP contribution in [-0.2, 0) is 31.8 Å². The van der Waals surface area contributed by atoms with E-state index in [1.165, 1.54) is 22.9 Å². The van der Waals surface area contributed by atoms with Gasteiger partial charge in [-0.3, -0.25) is 9.36 Å². The number of aryl methyl sites for hydroxylation is 3. The summed E-state index contributed by atoms with van der Waals surface area (Å²) < 4.78 is 22.2. The number of benzene rings is 1. The first kappa shape index (κ1) is 23.2. The number of nitrogens with zero attached hydrogens (tertiary/aromatic N) is 3. The molecule has 3 aliphatic rings. The number of nitrogens with two attached hydrogens (primary N) is 1. The Balaban J connectivity index is 1.45. The number of ketones is 1. The minimum atomic E-state index is -1.78. The van der Waals surface area contributed by atoms with Crippen LogP contribution in [0.3, 0.4) is 0 Å². The van der Waals surface area contributed by atoms with Crippen molar-refractivity contribution in [1.29, 1.82) is 0 Å². The van der Waals surface area contributed by atoms with E-state index >= 15 is 0 Å². The molecule has 0 unspecified atom stereocenters. The van der Waals surface area contributed by atoms with Crippen molar-refractivity contribution in [2.24, 2.45) is 7.05 Å². The van der Waals surface area contributed by atoms with Gasteiger partial charge in [-0.2, -0.15) is 4.98 Å². The molecular formula is C27H26N5O6+. The molecule has 0 bridgehead atoms. The molecule has 3 aromatic heterocycles. The Morgan fingerprint density at radius 2 is 1.95 bits per heavy atom. The zero-order valence-corrected chi connectivity index (χ0v) is 21.0. The number of fused-ring (bicyclic) bond motifs is 6. The van der Waals surface area contributed by atoms with Crippen LogP contribution in [0, 0.1) is 13.8 Å². The van der Waals surface area contributed by atoms with Gasteiger partial charge in [-0.15, -0.1) is 0 Å². The highest BCUT2D eigenvalue weighted by Gasteiger charge is 2.63. The van der Waals surface area contributed by atoms with Crippen molar-refractivity contribution in [2.75, 3.05) is 12.3 Å². The van der Waals surface area contributed by atoms with Gasteiger partial charge >= 0.3 is 5.69 Å². The van der Waals surface area contributed by atoms with Gasteiger partial charge in [0.2, 0.25) is 5.78 Å². The number of carbonyl (C=O) groups is 1. The van der Waals surface area contributed by atoms with E-state index in [0.29, 0.717) is 11.3 Å². The molecule has 4 aromatic rings. The van der Waals surface area contributed by atoms with E-state index < -0.39 is 42.6 Å². The fourth-order valence-electron chi connectivity index (χ4n) is 6.14. The van der Waals surface area contributed by atoms with Crippen LogP contribution in [0.2, 0.25) is 0 Å². The highest BCUT2D eigenvalue weighted by molar-refractivity contribution is 6.12. The largest absolute Gasteiger partial charge is 0.394 e. The monoisotopic (exact) mass is 516 g/mol. The minimum absolute atomic E-state index is 0.0714. The normalized spacial score (nSPS) is 28.1. The molecule has 38 heavy (non-hydrogen) atoms.